The van der Waals surface area contributed by atoms with Crippen LogP contribution >= 0.6 is 0 Å². The first-order valence-corrected chi connectivity index (χ1v) is 2.76. The Balaban J connectivity index is 2.88. The third kappa shape index (κ3) is 0.833. The topological polar surface area (TPSA) is 67.8 Å². The number of nitrogens with two attached hydrogens (primary N) is 1. The molecule has 0 saturated heterocycles. The standard InChI is InChI=1S/C2H3N3OS/c3-2-1-7(6)5-4-2/h1H,3H2. The molecule has 38 valence electrons. The van der Waals surface area contributed by atoms with Crippen molar-refractivity contribution in [3.8, 4) is 0 Å². The largest absolute Gasteiger partial charge is 0.382 e. The van der Waals surface area contributed by atoms with Gasteiger partial charge in [-0.05, 0) is 0 Å². The minimum Gasteiger partial charge on any atom is -0.382 e. The average Bonchev–Trinajstić information content (AvgIpc) is 1.87. The van der Waals surface area contributed by atoms with E-state index in [1.807, 2.05) is 0 Å². The summed E-state index contributed by atoms with van der Waals surface area (Å²) in [5.74, 6) is 0.235. The van der Waals surface area contributed by atoms with Gasteiger partial charge in [0.15, 0.2) is 16.8 Å². The van der Waals surface area contributed by atoms with E-state index in [4.69, 9.17) is 5.73 Å². The van der Waals surface area contributed by atoms with Crippen molar-refractivity contribution in [1.82, 2.24) is 0 Å². The van der Waals surface area contributed by atoms with Crippen molar-refractivity contribution in [2.75, 3.05) is 0 Å². The molecule has 1 rings (SSSR count). The molecule has 0 aromatic rings. The lowest BCUT2D eigenvalue weighted by molar-refractivity contribution is 0.689. The van der Waals surface area contributed by atoms with Gasteiger partial charge in [-0.2, -0.15) is 0 Å². The Morgan fingerprint density at radius 3 is 2.71 bits per heavy atom. The Kier molecular flexibility index (Phi) is 0.900. The molecule has 1 heterocycles. The quantitative estimate of drug-likeness (QED) is 0.480. The van der Waals surface area contributed by atoms with Crippen LogP contribution in [0.3, 0.4) is 0 Å². The lowest BCUT2D eigenvalue weighted by atomic mass is 10.9. The van der Waals surface area contributed by atoms with E-state index in [1.165, 1.54) is 5.41 Å². The minimum atomic E-state index is -1.28. The molecular formula is C2H3N3OS. The first kappa shape index (κ1) is 4.45. The second-order valence-electron chi connectivity index (χ2n) is 1.00. The van der Waals surface area contributed by atoms with Gasteiger partial charge in [0.1, 0.15) is 0 Å². The zero-order chi connectivity index (χ0) is 5.28. The summed E-state index contributed by atoms with van der Waals surface area (Å²) in [6, 6.07) is 0. The average molecular weight is 117 g/mol. The molecule has 0 fully saturated rings. The van der Waals surface area contributed by atoms with Crippen LogP contribution in [-0.2, 0) is 11.0 Å². The fourth-order valence-corrected chi connectivity index (χ4v) is 0.713. The number of nitrogens with zero attached hydrogens (tertiary/aromatic N) is 2. The Bertz CT molecular complexity index is 160. The molecule has 0 aromatic heterocycles. The Morgan fingerprint density at radius 2 is 2.57 bits per heavy atom. The van der Waals surface area contributed by atoms with Crippen molar-refractivity contribution in [3.05, 3.63) is 11.2 Å². The van der Waals surface area contributed by atoms with Crippen LogP contribution in [0.25, 0.3) is 0 Å². The molecule has 1 aliphatic heterocycles. The van der Waals surface area contributed by atoms with E-state index in [-0.39, 0.29) is 5.82 Å². The fourth-order valence-electron chi connectivity index (χ4n) is 0.238. The van der Waals surface area contributed by atoms with Crippen LogP contribution in [0.5, 0.6) is 0 Å². The van der Waals surface area contributed by atoms with Crippen molar-refractivity contribution in [2.45, 2.75) is 0 Å². The summed E-state index contributed by atoms with van der Waals surface area (Å²) >= 11 is 0. The Morgan fingerprint density at radius 1 is 1.86 bits per heavy atom. The molecule has 1 aliphatic rings. The lowest BCUT2D eigenvalue weighted by Gasteiger charge is -1.69. The molecular weight excluding hydrogens is 114 g/mol. The first-order chi connectivity index (χ1) is 3.29. The van der Waals surface area contributed by atoms with Crippen LogP contribution in [0.1, 0.15) is 0 Å². The van der Waals surface area contributed by atoms with Crippen molar-refractivity contribution in [3.63, 3.8) is 0 Å². The van der Waals surface area contributed by atoms with E-state index in [0.717, 1.165) is 0 Å². The predicted molar refractivity (Wildman–Crippen MR) is 25.3 cm³/mol. The third-order valence-electron chi connectivity index (χ3n) is 0.458. The molecule has 0 spiro atoms. The van der Waals surface area contributed by atoms with Crippen LogP contribution in [-0.4, -0.2) is 4.21 Å². The highest BCUT2D eigenvalue weighted by atomic mass is 32.2. The van der Waals surface area contributed by atoms with Gasteiger partial charge in [-0.1, -0.05) is 4.52 Å². The number of hydrogen-bond donors (Lipinski definition) is 1. The number of rotatable bonds is 0. The summed E-state index contributed by atoms with van der Waals surface area (Å²) in [5, 5.41) is 4.56. The zero-order valence-corrected chi connectivity index (χ0v) is 4.18. The van der Waals surface area contributed by atoms with Crippen LogP contribution < -0.4 is 5.73 Å². The Hall–Kier alpha value is -0.710. The smallest absolute Gasteiger partial charge is 0.188 e. The SMILES string of the molecule is NC1=CS(=O)N=N1. The maximum absolute atomic E-state index is 10.1. The van der Waals surface area contributed by atoms with E-state index in [0.29, 0.717) is 0 Å². The molecule has 0 bridgehead atoms. The van der Waals surface area contributed by atoms with E-state index >= 15 is 0 Å². The van der Waals surface area contributed by atoms with Crippen molar-refractivity contribution in [2.24, 2.45) is 15.4 Å². The molecule has 0 aliphatic carbocycles. The van der Waals surface area contributed by atoms with Gasteiger partial charge < -0.3 is 5.73 Å². The van der Waals surface area contributed by atoms with Gasteiger partial charge in [-0.25, -0.2) is 4.21 Å². The molecule has 1 atom stereocenters. The molecule has 4 nitrogen and oxygen atoms in total. The van der Waals surface area contributed by atoms with Gasteiger partial charge in [-0.3, -0.25) is 0 Å². The van der Waals surface area contributed by atoms with Crippen LogP contribution in [0.15, 0.2) is 20.9 Å². The molecule has 5 heteroatoms. The summed E-state index contributed by atoms with van der Waals surface area (Å²) in [6.45, 7) is 0. The molecule has 0 radical (unpaired) electrons. The summed E-state index contributed by atoms with van der Waals surface area (Å²) in [7, 11) is -1.28. The van der Waals surface area contributed by atoms with Crippen molar-refractivity contribution < 1.29 is 4.21 Å². The normalized spacial score (nSPS) is 28.0. The molecule has 2 N–H and O–H groups in total. The van der Waals surface area contributed by atoms with Gasteiger partial charge in [0.25, 0.3) is 0 Å². The third-order valence-corrected chi connectivity index (χ3v) is 1.14. The lowest BCUT2D eigenvalue weighted by Crippen LogP contribution is -1.87. The van der Waals surface area contributed by atoms with Gasteiger partial charge in [-0.15, -0.1) is 5.11 Å². The Labute approximate surface area is 42.7 Å². The van der Waals surface area contributed by atoms with E-state index in [1.54, 1.807) is 0 Å². The summed E-state index contributed by atoms with van der Waals surface area (Å²) in [4.78, 5) is 0. The zero-order valence-electron chi connectivity index (χ0n) is 3.37. The highest BCUT2D eigenvalue weighted by molar-refractivity contribution is 7.86. The molecule has 0 saturated carbocycles. The predicted octanol–water partition coefficient (Wildman–Crippen LogP) is -0.126. The highest BCUT2D eigenvalue weighted by Crippen LogP contribution is 2.02. The maximum atomic E-state index is 10.1. The van der Waals surface area contributed by atoms with E-state index in [9.17, 15) is 4.21 Å². The van der Waals surface area contributed by atoms with Crippen molar-refractivity contribution in [1.29, 1.82) is 0 Å². The summed E-state index contributed by atoms with van der Waals surface area (Å²) in [6.07, 6.45) is 0. The van der Waals surface area contributed by atoms with Crippen LogP contribution in [0.4, 0.5) is 0 Å². The molecule has 0 amide bonds. The number of hydrogen-bond acceptors (Lipinski definition) is 3. The monoisotopic (exact) mass is 117 g/mol. The molecule has 7 heavy (non-hydrogen) atoms. The van der Waals surface area contributed by atoms with Gasteiger partial charge in [0.2, 0.25) is 0 Å². The second kappa shape index (κ2) is 1.42. The van der Waals surface area contributed by atoms with E-state index < -0.39 is 11.0 Å². The second-order valence-corrected chi connectivity index (χ2v) is 1.95. The summed E-state index contributed by atoms with van der Waals surface area (Å²) in [5.41, 5.74) is 5.03. The minimum absolute atomic E-state index is 0.235. The van der Waals surface area contributed by atoms with Gasteiger partial charge in [0, 0.05) is 0 Å². The van der Waals surface area contributed by atoms with Crippen LogP contribution in [0, 0.1) is 0 Å². The van der Waals surface area contributed by atoms with E-state index in [2.05, 4.69) is 9.63 Å². The molecule has 1 unspecified atom stereocenters. The van der Waals surface area contributed by atoms with Crippen molar-refractivity contribution >= 4 is 11.0 Å². The fraction of sp³-hybridized carbons (Fsp3) is 0. The maximum Gasteiger partial charge on any atom is 0.188 e. The van der Waals surface area contributed by atoms with Gasteiger partial charge in [0.05, 0.1) is 5.41 Å². The highest BCUT2D eigenvalue weighted by Gasteiger charge is 1.99. The summed E-state index contributed by atoms with van der Waals surface area (Å²) < 4.78 is 13.3. The van der Waals surface area contributed by atoms with Gasteiger partial charge >= 0.3 is 0 Å². The van der Waals surface area contributed by atoms with Crippen LogP contribution in [0.2, 0.25) is 0 Å². The first-order valence-electron chi connectivity index (χ1n) is 1.59. The molecule has 0 aromatic carbocycles.